The fourth-order valence-corrected chi connectivity index (χ4v) is 7.28. The van der Waals surface area contributed by atoms with E-state index in [9.17, 15) is 32.0 Å². The summed E-state index contributed by atoms with van der Waals surface area (Å²) in [7, 11) is -3.92. The maximum Gasteiger partial charge on any atom is 0.410 e. The summed E-state index contributed by atoms with van der Waals surface area (Å²) in [6.45, 7) is 1.30. The lowest BCUT2D eigenvalue weighted by Crippen LogP contribution is -2.55. The average Bonchev–Trinajstić information content (AvgIpc) is 3.37. The lowest BCUT2D eigenvalue weighted by molar-refractivity contribution is -0.141. The van der Waals surface area contributed by atoms with Gasteiger partial charge < -0.3 is 14.4 Å². The number of hydrogen-bond donors (Lipinski definition) is 2. The number of carbonyl (C=O) groups is 2. The topological polar surface area (TPSA) is 125 Å². The lowest BCUT2D eigenvalue weighted by atomic mass is 9.79. The summed E-state index contributed by atoms with van der Waals surface area (Å²) in [6.07, 6.45) is 0.520. The lowest BCUT2D eigenvalue weighted by Gasteiger charge is -2.41. The van der Waals surface area contributed by atoms with E-state index < -0.39 is 44.8 Å². The fourth-order valence-electron chi connectivity index (χ4n) is 5.21. The van der Waals surface area contributed by atoms with Crippen LogP contribution in [-0.4, -0.2) is 86.1 Å². The first-order valence-electron chi connectivity index (χ1n) is 12.0. The molecule has 0 aromatic heterocycles. The van der Waals surface area contributed by atoms with E-state index in [4.69, 9.17) is 9.47 Å². The SMILES string of the molecule is O=C(O[C@H]1CCOC1)N1CCC(CS(=O)(=O)N2CCC(c3ccc(F)cc3F)CC2)(C(=O)NO)CC1. The first-order valence-corrected chi connectivity index (χ1v) is 13.6. The Morgan fingerprint density at radius 3 is 2.42 bits per heavy atom. The maximum atomic E-state index is 14.2. The molecular formula is C23H31F2N3O7S. The molecule has 2 amide bonds. The van der Waals surface area contributed by atoms with Crippen LogP contribution in [0.5, 0.6) is 0 Å². The van der Waals surface area contributed by atoms with E-state index in [2.05, 4.69) is 0 Å². The second-order valence-corrected chi connectivity index (χ2v) is 11.6. The molecular weight excluding hydrogens is 500 g/mol. The summed E-state index contributed by atoms with van der Waals surface area (Å²) in [5.74, 6) is -2.91. The number of ether oxygens (including phenoxy) is 2. The molecule has 200 valence electrons. The Kier molecular flexibility index (Phi) is 8.12. The first kappa shape index (κ1) is 26.7. The van der Waals surface area contributed by atoms with Gasteiger partial charge in [0.15, 0.2) is 0 Å². The van der Waals surface area contributed by atoms with Gasteiger partial charge in [0.2, 0.25) is 10.0 Å². The molecule has 3 aliphatic heterocycles. The maximum absolute atomic E-state index is 14.2. The number of likely N-dealkylation sites (tertiary alicyclic amines) is 1. The molecule has 13 heteroatoms. The minimum atomic E-state index is -3.92. The van der Waals surface area contributed by atoms with E-state index in [0.29, 0.717) is 38.0 Å². The predicted octanol–water partition coefficient (Wildman–Crippen LogP) is 1.99. The molecule has 3 saturated heterocycles. The molecule has 1 aromatic rings. The van der Waals surface area contributed by atoms with Gasteiger partial charge >= 0.3 is 6.09 Å². The number of benzene rings is 1. The minimum Gasteiger partial charge on any atom is -0.444 e. The molecule has 0 bridgehead atoms. The second kappa shape index (κ2) is 11.0. The van der Waals surface area contributed by atoms with Gasteiger partial charge in [0.1, 0.15) is 17.7 Å². The summed E-state index contributed by atoms with van der Waals surface area (Å²) in [4.78, 5) is 26.5. The van der Waals surface area contributed by atoms with Crippen molar-refractivity contribution in [1.29, 1.82) is 0 Å². The molecule has 0 unspecified atom stereocenters. The molecule has 0 radical (unpaired) electrons. The number of nitrogens with one attached hydrogen (secondary N) is 1. The Bertz CT molecular complexity index is 1070. The molecule has 2 N–H and O–H groups in total. The highest BCUT2D eigenvalue weighted by molar-refractivity contribution is 7.89. The Balaban J connectivity index is 1.38. The Labute approximate surface area is 208 Å². The van der Waals surface area contributed by atoms with E-state index in [1.54, 1.807) is 5.48 Å². The summed E-state index contributed by atoms with van der Waals surface area (Å²) in [5.41, 5.74) is 0.536. The van der Waals surface area contributed by atoms with Gasteiger partial charge in [-0.2, -0.15) is 0 Å². The van der Waals surface area contributed by atoms with Crippen LogP contribution in [0.25, 0.3) is 0 Å². The van der Waals surface area contributed by atoms with Gasteiger partial charge in [0.05, 0.1) is 24.4 Å². The van der Waals surface area contributed by atoms with Gasteiger partial charge in [-0.25, -0.2) is 31.8 Å². The molecule has 3 aliphatic rings. The van der Waals surface area contributed by atoms with Crippen molar-refractivity contribution in [2.75, 3.05) is 45.1 Å². The molecule has 3 fully saturated rings. The van der Waals surface area contributed by atoms with Gasteiger partial charge in [-0.3, -0.25) is 10.0 Å². The van der Waals surface area contributed by atoms with Crippen molar-refractivity contribution >= 4 is 22.0 Å². The smallest absolute Gasteiger partial charge is 0.410 e. The summed E-state index contributed by atoms with van der Waals surface area (Å²) in [6, 6.07) is 3.39. The monoisotopic (exact) mass is 531 g/mol. The van der Waals surface area contributed by atoms with Gasteiger partial charge in [-0.05, 0) is 43.2 Å². The standard InChI is InChI=1S/C23H31F2N3O7S/c24-17-1-2-19(20(25)13-17)16-3-8-28(9-4-16)36(32,33)15-23(21(29)26-31)6-10-27(11-7-23)22(30)35-18-5-12-34-14-18/h1-2,13,16,18,31H,3-12,14-15H2,(H,26,29)/t18-/m0/s1. The van der Waals surface area contributed by atoms with Crippen LogP contribution >= 0.6 is 0 Å². The number of carbonyl (C=O) groups excluding carboxylic acids is 2. The third-order valence-corrected chi connectivity index (χ3v) is 9.50. The van der Waals surface area contributed by atoms with Crippen molar-refractivity contribution < 1.29 is 41.5 Å². The highest BCUT2D eigenvalue weighted by Crippen LogP contribution is 2.37. The number of nitrogens with zero attached hydrogens (tertiary/aromatic N) is 2. The van der Waals surface area contributed by atoms with Crippen LogP contribution in [0, 0.1) is 17.0 Å². The van der Waals surface area contributed by atoms with Gasteiger partial charge in [0.25, 0.3) is 5.91 Å². The van der Waals surface area contributed by atoms with E-state index in [1.807, 2.05) is 0 Å². The fraction of sp³-hybridized carbons (Fsp3) is 0.652. The highest BCUT2D eigenvalue weighted by Gasteiger charge is 2.47. The van der Waals surface area contributed by atoms with E-state index in [-0.39, 0.29) is 51.0 Å². The predicted molar refractivity (Wildman–Crippen MR) is 123 cm³/mol. The number of rotatable bonds is 6. The number of halogens is 2. The highest BCUT2D eigenvalue weighted by atomic mass is 32.2. The third-order valence-electron chi connectivity index (χ3n) is 7.43. The van der Waals surface area contributed by atoms with E-state index in [1.165, 1.54) is 21.3 Å². The van der Waals surface area contributed by atoms with Crippen molar-refractivity contribution in [2.24, 2.45) is 5.41 Å². The molecule has 0 saturated carbocycles. The second-order valence-electron chi connectivity index (χ2n) is 9.67. The van der Waals surface area contributed by atoms with Crippen LogP contribution in [0.2, 0.25) is 0 Å². The molecule has 0 aliphatic carbocycles. The molecule has 1 atom stereocenters. The molecule has 10 nitrogen and oxygen atoms in total. The molecule has 4 rings (SSSR count). The minimum absolute atomic E-state index is 0.0339. The molecule has 0 spiro atoms. The Hall–Kier alpha value is -2.35. The summed E-state index contributed by atoms with van der Waals surface area (Å²) in [5, 5.41) is 9.34. The van der Waals surface area contributed by atoms with Crippen molar-refractivity contribution in [3.63, 3.8) is 0 Å². The molecule has 3 heterocycles. The van der Waals surface area contributed by atoms with E-state index >= 15 is 0 Å². The quantitative estimate of drug-likeness (QED) is 0.425. The van der Waals surface area contributed by atoms with Crippen LogP contribution in [0.4, 0.5) is 13.6 Å². The summed E-state index contributed by atoms with van der Waals surface area (Å²) < 4.78 is 65.9. The third kappa shape index (κ3) is 5.79. The largest absolute Gasteiger partial charge is 0.444 e. The van der Waals surface area contributed by atoms with Crippen LogP contribution in [-0.2, 0) is 24.3 Å². The number of amides is 2. The van der Waals surface area contributed by atoms with Crippen LogP contribution < -0.4 is 5.48 Å². The van der Waals surface area contributed by atoms with Crippen LogP contribution in [0.1, 0.15) is 43.6 Å². The van der Waals surface area contributed by atoms with Crippen molar-refractivity contribution in [3.8, 4) is 0 Å². The Morgan fingerprint density at radius 2 is 1.83 bits per heavy atom. The van der Waals surface area contributed by atoms with Crippen molar-refractivity contribution in [3.05, 3.63) is 35.4 Å². The van der Waals surface area contributed by atoms with Gasteiger partial charge in [0, 0.05) is 38.7 Å². The van der Waals surface area contributed by atoms with Crippen LogP contribution in [0.3, 0.4) is 0 Å². The molecule has 36 heavy (non-hydrogen) atoms. The first-order chi connectivity index (χ1) is 17.1. The summed E-state index contributed by atoms with van der Waals surface area (Å²) >= 11 is 0. The zero-order chi connectivity index (χ0) is 25.9. The average molecular weight is 532 g/mol. The normalized spacial score (nSPS) is 23.4. The van der Waals surface area contributed by atoms with Crippen molar-refractivity contribution in [1.82, 2.24) is 14.7 Å². The van der Waals surface area contributed by atoms with Gasteiger partial charge in [-0.15, -0.1) is 0 Å². The van der Waals surface area contributed by atoms with Gasteiger partial charge in [-0.1, -0.05) is 6.07 Å². The van der Waals surface area contributed by atoms with Crippen LogP contribution in [0.15, 0.2) is 18.2 Å². The number of sulfonamides is 1. The number of hydroxylamine groups is 1. The van der Waals surface area contributed by atoms with Crippen molar-refractivity contribution in [2.45, 2.75) is 44.1 Å². The number of piperidine rings is 2. The van der Waals surface area contributed by atoms with E-state index in [0.717, 1.165) is 6.07 Å². The zero-order valence-electron chi connectivity index (χ0n) is 19.8. The zero-order valence-corrected chi connectivity index (χ0v) is 20.6. The molecule has 1 aromatic carbocycles. The number of hydrogen-bond acceptors (Lipinski definition) is 7. The Morgan fingerprint density at radius 1 is 1.14 bits per heavy atom.